The van der Waals surface area contributed by atoms with E-state index in [0.29, 0.717) is 23.0 Å². The average Bonchev–Trinajstić information content (AvgIpc) is 3.31. The molecule has 5 aliphatic carbocycles. The predicted molar refractivity (Wildman–Crippen MR) is 94.2 cm³/mol. The maximum absolute atomic E-state index is 13.0. The van der Waals surface area contributed by atoms with Crippen molar-refractivity contribution < 1.29 is 9.90 Å². The van der Waals surface area contributed by atoms with Crippen molar-refractivity contribution in [2.24, 2.45) is 58.2 Å². The zero-order chi connectivity index (χ0) is 17.0. The molecule has 134 valence electrons. The van der Waals surface area contributed by atoms with Crippen LogP contribution in [0.3, 0.4) is 0 Å². The summed E-state index contributed by atoms with van der Waals surface area (Å²) in [6.07, 6.45) is 6.97. The highest BCUT2D eigenvalue weighted by atomic mass is 16.3. The van der Waals surface area contributed by atoms with Gasteiger partial charge in [-0.3, -0.25) is 4.79 Å². The highest BCUT2D eigenvalue weighted by Gasteiger charge is 2.71. The molecule has 5 aliphatic rings. The highest BCUT2D eigenvalue weighted by Crippen LogP contribution is 2.75. The fourth-order valence-electron chi connectivity index (χ4n) is 8.72. The van der Waals surface area contributed by atoms with Crippen molar-refractivity contribution in [2.75, 3.05) is 0 Å². The van der Waals surface area contributed by atoms with Gasteiger partial charge in [0.15, 0.2) is 0 Å². The molecule has 0 heterocycles. The lowest BCUT2D eigenvalue weighted by Crippen LogP contribution is -2.55. The lowest BCUT2D eigenvalue weighted by atomic mass is 9.44. The van der Waals surface area contributed by atoms with Crippen molar-refractivity contribution in [1.82, 2.24) is 0 Å². The molecule has 8 unspecified atom stereocenters. The van der Waals surface area contributed by atoms with E-state index in [1.54, 1.807) is 0 Å². The van der Waals surface area contributed by atoms with Crippen LogP contribution in [0.2, 0.25) is 0 Å². The van der Waals surface area contributed by atoms with Crippen LogP contribution in [0.1, 0.15) is 66.2 Å². The van der Waals surface area contributed by atoms with Gasteiger partial charge in [0.05, 0.1) is 6.10 Å². The summed E-state index contributed by atoms with van der Waals surface area (Å²) in [4.78, 5) is 13.0. The van der Waals surface area contributed by atoms with Gasteiger partial charge in [-0.1, -0.05) is 27.7 Å². The SMILES string of the molecule is CC1C(=O)[C@@]2(C)CCC3C(C4CC4C4C[C@@H](O)CC[C@@]43C)C2C1C. The Labute approximate surface area is 146 Å². The minimum atomic E-state index is -0.0539. The van der Waals surface area contributed by atoms with E-state index in [1.807, 2.05) is 0 Å². The summed E-state index contributed by atoms with van der Waals surface area (Å²) in [5, 5.41) is 10.3. The Bertz CT molecular complexity index is 585. The molecule has 2 nitrogen and oxygen atoms in total. The van der Waals surface area contributed by atoms with Gasteiger partial charge in [-0.15, -0.1) is 0 Å². The van der Waals surface area contributed by atoms with Crippen molar-refractivity contribution in [1.29, 1.82) is 0 Å². The summed E-state index contributed by atoms with van der Waals surface area (Å²) in [7, 11) is 0. The molecule has 5 saturated carbocycles. The van der Waals surface area contributed by atoms with Crippen molar-refractivity contribution >= 4 is 5.78 Å². The Kier molecular flexibility index (Phi) is 3.08. The zero-order valence-electron chi connectivity index (χ0n) is 15.8. The second-order valence-corrected chi connectivity index (χ2v) is 10.8. The average molecular weight is 331 g/mol. The fraction of sp³-hybridized carbons (Fsp3) is 0.955. The maximum atomic E-state index is 13.0. The highest BCUT2D eigenvalue weighted by molar-refractivity contribution is 5.89. The first-order chi connectivity index (χ1) is 11.3. The minimum Gasteiger partial charge on any atom is -0.393 e. The van der Waals surface area contributed by atoms with Gasteiger partial charge in [0, 0.05) is 11.3 Å². The number of rotatable bonds is 0. The smallest absolute Gasteiger partial charge is 0.142 e. The van der Waals surface area contributed by atoms with Crippen molar-refractivity contribution in [3.8, 4) is 0 Å². The number of aliphatic hydroxyl groups is 1. The molecule has 0 aromatic heterocycles. The molecule has 5 rings (SSSR count). The summed E-state index contributed by atoms with van der Waals surface area (Å²) in [6.45, 7) is 9.44. The van der Waals surface area contributed by atoms with Crippen LogP contribution in [0.25, 0.3) is 0 Å². The van der Waals surface area contributed by atoms with E-state index in [2.05, 4.69) is 27.7 Å². The summed E-state index contributed by atoms with van der Waals surface area (Å²) in [5.74, 6) is 6.07. The number of carbonyl (C=O) groups is 1. The quantitative estimate of drug-likeness (QED) is 0.719. The third kappa shape index (κ3) is 1.70. The van der Waals surface area contributed by atoms with E-state index in [0.717, 1.165) is 48.9 Å². The summed E-state index contributed by atoms with van der Waals surface area (Å²) in [5.41, 5.74) is 0.391. The van der Waals surface area contributed by atoms with E-state index < -0.39 is 0 Å². The largest absolute Gasteiger partial charge is 0.393 e. The molecule has 24 heavy (non-hydrogen) atoms. The molecule has 5 fully saturated rings. The molecule has 0 radical (unpaired) electrons. The topological polar surface area (TPSA) is 37.3 Å². The molecule has 0 aromatic carbocycles. The van der Waals surface area contributed by atoms with Gasteiger partial charge < -0.3 is 5.11 Å². The van der Waals surface area contributed by atoms with E-state index >= 15 is 0 Å². The molecular weight excluding hydrogens is 296 g/mol. The minimum absolute atomic E-state index is 0.0372. The Hall–Kier alpha value is -0.370. The second kappa shape index (κ2) is 4.67. The monoisotopic (exact) mass is 330 g/mol. The molecule has 2 heteroatoms. The van der Waals surface area contributed by atoms with E-state index in [4.69, 9.17) is 0 Å². The summed E-state index contributed by atoms with van der Waals surface area (Å²) >= 11 is 0. The Balaban J connectivity index is 1.56. The number of Topliss-reactive ketones (excluding diaryl/α,β-unsaturated/α-hetero) is 1. The number of carbonyl (C=O) groups excluding carboxylic acids is 1. The van der Waals surface area contributed by atoms with Crippen LogP contribution in [-0.4, -0.2) is 17.0 Å². The van der Waals surface area contributed by atoms with Crippen molar-refractivity contribution in [2.45, 2.75) is 72.3 Å². The normalized spacial score (nSPS) is 64.7. The standard InChI is InChI=1S/C22H34O2/c1-11-12(2)20(24)22(4)8-6-16-18(19(11)22)15-10-14(15)17-9-13(23)5-7-21(16,17)3/h11-19,23H,5-10H2,1-4H3/t11?,12?,13-,14?,15?,16?,17?,18?,19?,21+,22-/m0/s1. The Morgan fingerprint density at radius 3 is 2.50 bits per heavy atom. The first-order valence-electron chi connectivity index (χ1n) is 10.5. The molecule has 0 aromatic rings. The number of fused-ring (bicyclic) bond motifs is 8. The van der Waals surface area contributed by atoms with Crippen LogP contribution >= 0.6 is 0 Å². The number of aliphatic hydroxyl groups excluding tert-OH is 1. The maximum Gasteiger partial charge on any atom is 0.142 e. The molecular formula is C22H34O2. The molecule has 0 saturated heterocycles. The Morgan fingerprint density at radius 2 is 1.75 bits per heavy atom. The number of ketones is 1. The van der Waals surface area contributed by atoms with Gasteiger partial charge in [0.1, 0.15) is 5.78 Å². The molecule has 0 amide bonds. The van der Waals surface area contributed by atoms with Gasteiger partial charge in [-0.05, 0) is 85.4 Å². The summed E-state index contributed by atoms with van der Waals surface area (Å²) in [6, 6.07) is 0. The van der Waals surface area contributed by atoms with Crippen LogP contribution in [-0.2, 0) is 4.79 Å². The van der Waals surface area contributed by atoms with Crippen LogP contribution in [0, 0.1) is 58.2 Å². The van der Waals surface area contributed by atoms with Gasteiger partial charge in [-0.25, -0.2) is 0 Å². The van der Waals surface area contributed by atoms with E-state index in [9.17, 15) is 9.90 Å². The van der Waals surface area contributed by atoms with Crippen LogP contribution in [0.15, 0.2) is 0 Å². The van der Waals surface area contributed by atoms with Crippen LogP contribution < -0.4 is 0 Å². The lowest BCUT2D eigenvalue weighted by Gasteiger charge is -2.60. The van der Waals surface area contributed by atoms with Gasteiger partial charge in [0.2, 0.25) is 0 Å². The number of hydrogen-bond donors (Lipinski definition) is 1. The second-order valence-electron chi connectivity index (χ2n) is 10.8. The lowest BCUT2D eigenvalue weighted by molar-refractivity contribution is -0.147. The van der Waals surface area contributed by atoms with Gasteiger partial charge >= 0.3 is 0 Å². The van der Waals surface area contributed by atoms with Crippen LogP contribution in [0.4, 0.5) is 0 Å². The third-order valence-corrected chi connectivity index (χ3v) is 10.1. The van der Waals surface area contributed by atoms with E-state index in [1.165, 1.54) is 19.3 Å². The summed E-state index contributed by atoms with van der Waals surface area (Å²) < 4.78 is 0. The first-order valence-corrected chi connectivity index (χ1v) is 10.5. The molecule has 0 aliphatic heterocycles. The Morgan fingerprint density at radius 1 is 1.00 bits per heavy atom. The van der Waals surface area contributed by atoms with E-state index in [-0.39, 0.29) is 17.4 Å². The molecule has 0 bridgehead atoms. The zero-order valence-corrected chi connectivity index (χ0v) is 15.8. The molecule has 1 N–H and O–H groups in total. The molecule has 0 spiro atoms. The number of hydrogen-bond acceptors (Lipinski definition) is 2. The third-order valence-electron chi connectivity index (χ3n) is 10.1. The predicted octanol–water partition coefficient (Wildman–Crippen LogP) is 4.31. The van der Waals surface area contributed by atoms with Crippen molar-refractivity contribution in [3.05, 3.63) is 0 Å². The van der Waals surface area contributed by atoms with Crippen molar-refractivity contribution in [3.63, 3.8) is 0 Å². The first kappa shape index (κ1) is 15.9. The van der Waals surface area contributed by atoms with Gasteiger partial charge in [-0.2, -0.15) is 0 Å². The molecule has 11 atom stereocenters. The van der Waals surface area contributed by atoms with Crippen LogP contribution in [0.5, 0.6) is 0 Å². The fourth-order valence-corrected chi connectivity index (χ4v) is 8.72. The van der Waals surface area contributed by atoms with Gasteiger partial charge in [0.25, 0.3) is 0 Å².